The average molecular weight is 289 g/mol. The summed E-state index contributed by atoms with van der Waals surface area (Å²) in [6.45, 7) is 0. The van der Waals surface area contributed by atoms with E-state index in [9.17, 15) is 4.79 Å². The van der Waals surface area contributed by atoms with Crippen molar-refractivity contribution in [3.05, 3.63) is 52.5 Å². The van der Waals surface area contributed by atoms with Gasteiger partial charge in [0.2, 0.25) is 0 Å². The van der Waals surface area contributed by atoms with Crippen molar-refractivity contribution < 1.29 is 14.6 Å². The summed E-state index contributed by atoms with van der Waals surface area (Å²) >= 11 is 6.29. The van der Waals surface area contributed by atoms with Gasteiger partial charge >= 0.3 is 5.97 Å². The van der Waals surface area contributed by atoms with Crippen LogP contribution < -0.4 is 4.74 Å². The fourth-order valence-corrected chi connectivity index (χ4v) is 3.14. The van der Waals surface area contributed by atoms with Crippen molar-refractivity contribution in [3.63, 3.8) is 0 Å². The minimum Gasteiger partial charge on any atom is -0.497 e. The molecule has 0 bridgehead atoms. The van der Waals surface area contributed by atoms with Crippen LogP contribution in [0.25, 0.3) is 11.1 Å². The number of rotatable bonds is 3. The van der Waals surface area contributed by atoms with E-state index >= 15 is 0 Å². The van der Waals surface area contributed by atoms with Crippen molar-refractivity contribution in [2.24, 2.45) is 0 Å². The quantitative estimate of drug-likeness (QED) is 0.930. The summed E-state index contributed by atoms with van der Waals surface area (Å²) in [5, 5.41) is 9.81. The first-order valence-electron chi connectivity index (χ1n) is 6.30. The van der Waals surface area contributed by atoms with Crippen LogP contribution in [0, 0.1) is 0 Å². The topological polar surface area (TPSA) is 46.5 Å². The molecule has 0 aliphatic heterocycles. The van der Waals surface area contributed by atoms with Crippen molar-refractivity contribution in [2.45, 2.75) is 12.3 Å². The molecule has 0 saturated heterocycles. The Balaban J connectivity index is 2.23. The maximum atomic E-state index is 11.2. The molecule has 1 atom stereocenters. The molecule has 2 aromatic carbocycles. The number of ether oxygens (including phenoxy) is 1. The van der Waals surface area contributed by atoms with E-state index < -0.39 is 5.97 Å². The highest BCUT2D eigenvalue weighted by Crippen LogP contribution is 2.50. The standard InChI is InChI=1S/C16H13ClO3/c1-20-9-5-6-11-12(7-9)13(8-15(18)19)10-3-2-4-14(17)16(10)11/h2-7,13H,8H2,1H3,(H,18,19). The van der Waals surface area contributed by atoms with E-state index in [0.717, 1.165) is 28.0 Å². The Morgan fingerprint density at radius 2 is 2.10 bits per heavy atom. The lowest BCUT2D eigenvalue weighted by Gasteiger charge is -2.11. The molecule has 3 rings (SSSR count). The molecule has 0 saturated carbocycles. The molecule has 2 aromatic rings. The zero-order valence-electron chi connectivity index (χ0n) is 10.9. The third-order valence-electron chi connectivity index (χ3n) is 3.70. The third-order valence-corrected chi connectivity index (χ3v) is 4.02. The van der Waals surface area contributed by atoms with Gasteiger partial charge in [-0.2, -0.15) is 0 Å². The van der Waals surface area contributed by atoms with Gasteiger partial charge < -0.3 is 9.84 Å². The minimum atomic E-state index is -0.823. The first-order chi connectivity index (χ1) is 9.61. The number of fused-ring (bicyclic) bond motifs is 3. The second-order valence-electron chi connectivity index (χ2n) is 4.81. The van der Waals surface area contributed by atoms with Gasteiger partial charge in [-0.1, -0.05) is 29.8 Å². The van der Waals surface area contributed by atoms with Gasteiger partial charge in [0.25, 0.3) is 0 Å². The van der Waals surface area contributed by atoms with E-state index in [0.29, 0.717) is 5.02 Å². The van der Waals surface area contributed by atoms with Crippen LogP contribution >= 0.6 is 11.6 Å². The zero-order valence-corrected chi connectivity index (χ0v) is 11.6. The van der Waals surface area contributed by atoms with Crippen molar-refractivity contribution in [1.29, 1.82) is 0 Å². The molecule has 0 aromatic heterocycles. The number of benzene rings is 2. The Labute approximate surface area is 121 Å². The third kappa shape index (κ3) is 1.95. The monoisotopic (exact) mass is 288 g/mol. The molecule has 0 spiro atoms. The lowest BCUT2D eigenvalue weighted by molar-refractivity contribution is -0.137. The lowest BCUT2D eigenvalue weighted by atomic mass is 9.93. The van der Waals surface area contributed by atoms with Crippen LogP contribution in [0.2, 0.25) is 5.02 Å². The highest BCUT2D eigenvalue weighted by molar-refractivity contribution is 6.33. The second-order valence-corrected chi connectivity index (χ2v) is 5.21. The van der Waals surface area contributed by atoms with Crippen LogP contribution in [0.1, 0.15) is 23.5 Å². The fraction of sp³-hybridized carbons (Fsp3) is 0.188. The summed E-state index contributed by atoms with van der Waals surface area (Å²) in [5.74, 6) is -0.272. The van der Waals surface area contributed by atoms with Crippen molar-refractivity contribution in [3.8, 4) is 16.9 Å². The maximum Gasteiger partial charge on any atom is 0.304 e. The predicted molar refractivity (Wildman–Crippen MR) is 77.5 cm³/mol. The van der Waals surface area contributed by atoms with Gasteiger partial charge in [0.15, 0.2) is 0 Å². The summed E-state index contributed by atoms with van der Waals surface area (Å²) in [7, 11) is 1.60. The molecule has 3 nitrogen and oxygen atoms in total. The van der Waals surface area contributed by atoms with Crippen molar-refractivity contribution >= 4 is 17.6 Å². The molecule has 0 amide bonds. The average Bonchev–Trinajstić information content (AvgIpc) is 2.73. The normalized spacial score (nSPS) is 15.6. The summed E-state index contributed by atoms with van der Waals surface area (Å²) in [5.41, 5.74) is 3.88. The first kappa shape index (κ1) is 13.0. The van der Waals surface area contributed by atoms with E-state index in [-0.39, 0.29) is 12.3 Å². The Morgan fingerprint density at radius 3 is 2.80 bits per heavy atom. The van der Waals surface area contributed by atoms with Crippen LogP contribution in [-0.2, 0) is 4.79 Å². The van der Waals surface area contributed by atoms with E-state index in [2.05, 4.69) is 0 Å². The van der Waals surface area contributed by atoms with Crippen LogP contribution in [0.4, 0.5) is 0 Å². The van der Waals surface area contributed by atoms with Crippen molar-refractivity contribution in [2.75, 3.05) is 7.11 Å². The van der Waals surface area contributed by atoms with Gasteiger partial charge in [-0.3, -0.25) is 4.79 Å². The van der Waals surface area contributed by atoms with Gasteiger partial charge in [0, 0.05) is 16.5 Å². The summed E-state index contributed by atoms with van der Waals surface area (Å²) < 4.78 is 5.24. The molecule has 1 aliphatic rings. The van der Waals surface area contributed by atoms with Gasteiger partial charge in [-0.15, -0.1) is 0 Å². The van der Waals surface area contributed by atoms with Crippen LogP contribution in [0.5, 0.6) is 5.75 Å². The SMILES string of the molecule is COc1ccc2c(c1)C(CC(=O)O)c1cccc(Cl)c1-2. The Morgan fingerprint density at radius 1 is 1.30 bits per heavy atom. The van der Waals surface area contributed by atoms with E-state index in [1.165, 1.54) is 0 Å². The fourth-order valence-electron chi connectivity index (χ4n) is 2.86. The zero-order chi connectivity index (χ0) is 14.3. The predicted octanol–water partition coefficient (Wildman–Crippen LogP) is 3.94. The molecule has 0 radical (unpaired) electrons. The number of carboxylic acids is 1. The number of carbonyl (C=O) groups is 1. The Bertz CT molecular complexity index is 694. The highest BCUT2D eigenvalue weighted by atomic mass is 35.5. The molecule has 1 unspecified atom stereocenters. The highest BCUT2D eigenvalue weighted by Gasteiger charge is 2.32. The molecule has 0 heterocycles. The van der Waals surface area contributed by atoms with Gasteiger partial charge in [-0.05, 0) is 34.9 Å². The number of halogens is 1. The van der Waals surface area contributed by atoms with E-state index in [1.807, 2.05) is 36.4 Å². The maximum absolute atomic E-state index is 11.2. The number of aliphatic carboxylic acids is 1. The molecular formula is C16H13ClO3. The first-order valence-corrected chi connectivity index (χ1v) is 6.68. The van der Waals surface area contributed by atoms with Gasteiger partial charge in [0.1, 0.15) is 5.75 Å². The molecule has 102 valence electrons. The number of methoxy groups -OCH3 is 1. The van der Waals surface area contributed by atoms with Crippen LogP contribution in [0.3, 0.4) is 0 Å². The Kier molecular flexibility index (Phi) is 3.14. The molecular weight excluding hydrogens is 276 g/mol. The summed E-state index contributed by atoms with van der Waals surface area (Å²) in [6, 6.07) is 11.4. The number of carboxylic acid groups (broad SMARTS) is 1. The molecule has 0 fully saturated rings. The number of hydrogen-bond acceptors (Lipinski definition) is 2. The summed E-state index contributed by atoms with van der Waals surface area (Å²) in [6.07, 6.45) is 0.0491. The summed E-state index contributed by atoms with van der Waals surface area (Å²) in [4.78, 5) is 11.2. The minimum absolute atomic E-state index is 0.0491. The molecule has 20 heavy (non-hydrogen) atoms. The molecule has 4 heteroatoms. The Hall–Kier alpha value is -2.00. The van der Waals surface area contributed by atoms with Gasteiger partial charge in [-0.25, -0.2) is 0 Å². The van der Waals surface area contributed by atoms with E-state index in [4.69, 9.17) is 21.4 Å². The molecule has 1 aliphatic carbocycles. The lowest BCUT2D eigenvalue weighted by Crippen LogP contribution is -2.05. The second kappa shape index (κ2) is 4.84. The van der Waals surface area contributed by atoms with Gasteiger partial charge in [0.05, 0.1) is 13.5 Å². The van der Waals surface area contributed by atoms with Crippen LogP contribution in [0.15, 0.2) is 36.4 Å². The largest absolute Gasteiger partial charge is 0.497 e. The van der Waals surface area contributed by atoms with Crippen molar-refractivity contribution in [1.82, 2.24) is 0 Å². The smallest absolute Gasteiger partial charge is 0.304 e. The number of hydrogen-bond donors (Lipinski definition) is 1. The molecule has 1 N–H and O–H groups in total. The van der Waals surface area contributed by atoms with E-state index in [1.54, 1.807) is 7.11 Å². The van der Waals surface area contributed by atoms with Crippen LogP contribution in [-0.4, -0.2) is 18.2 Å².